The van der Waals surface area contributed by atoms with Gasteiger partial charge in [-0.25, -0.2) is 4.79 Å². The van der Waals surface area contributed by atoms with E-state index < -0.39 is 5.41 Å². The predicted octanol–water partition coefficient (Wildman–Crippen LogP) is 3.17. The Labute approximate surface area is 135 Å². The van der Waals surface area contributed by atoms with E-state index in [1.54, 1.807) is 4.90 Å². The number of likely N-dealkylation sites (tertiary alicyclic amines) is 1. The van der Waals surface area contributed by atoms with Gasteiger partial charge in [0, 0.05) is 13.1 Å². The van der Waals surface area contributed by atoms with E-state index in [4.69, 9.17) is 4.74 Å². The van der Waals surface area contributed by atoms with Crippen molar-refractivity contribution in [3.05, 3.63) is 71.8 Å². The molecule has 1 heterocycles. The Morgan fingerprint density at radius 2 is 1.74 bits per heavy atom. The number of carbonyl (C=O) groups excluding carboxylic acids is 2. The van der Waals surface area contributed by atoms with Crippen LogP contribution in [0.5, 0.6) is 0 Å². The first kappa shape index (κ1) is 15.3. The van der Waals surface area contributed by atoms with E-state index in [1.165, 1.54) is 0 Å². The van der Waals surface area contributed by atoms with Gasteiger partial charge >= 0.3 is 6.09 Å². The summed E-state index contributed by atoms with van der Waals surface area (Å²) >= 11 is 0. The molecule has 0 saturated carbocycles. The Kier molecular flexibility index (Phi) is 4.42. The molecule has 1 aliphatic rings. The highest BCUT2D eigenvalue weighted by Crippen LogP contribution is 2.33. The van der Waals surface area contributed by atoms with Gasteiger partial charge in [0.05, 0.1) is 5.41 Å². The summed E-state index contributed by atoms with van der Waals surface area (Å²) in [5, 5.41) is 0. The Hall–Kier alpha value is -2.62. The molecule has 3 rings (SSSR count). The fourth-order valence-corrected chi connectivity index (χ4v) is 2.97. The van der Waals surface area contributed by atoms with E-state index in [-0.39, 0.29) is 12.7 Å². The smallest absolute Gasteiger partial charge is 0.410 e. The number of carbonyl (C=O) groups is 2. The fourth-order valence-electron chi connectivity index (χ4n) is 2.97. The molecule has 0 radical (unpaired) electrons. The van der Waals surface area contributed by atoms with Gasteiger partial charge < -0.3 is 14.4 Å². The summed E-state index contributed by atoms with van der Waals surface area (Å²) in [5.41, 5.74) is 1.28. The van der Waals surface area contributed by atoms with Crippen molar-refractivity contribution in [1.29, 1.82) is 0 Å². The zero-order chi connectivity index (χ0) is 16.1. The Morgan fingerprint density at radius 1 is 1.09 bits per heavy atom. The highest BCUT2D eigenvalue weighted by atomic mass is 16.6. The summed E-state index contributed by atoms with van der Waals surface area (Å²) < 4.78 is 5.36. The molecule has 0 spiro atoms. The SMILES string of the molecule is O=CC1(c2ccccc2)CCN(C(=O)OCc2ccccc2)C1. The summed E-state index contributed by atoms with van der Waals surface area (Å²) in [6.07, 6.45) is 1.22. The van der Waals surface area contributed by atoms with Crippen LogP contribution in [0.2, 0.25) is 0 Å². The van der Waals surface area contributed by atoms with Crippen molar-refractivity contribution in [3.63, 3.8) is 0 Å². The number of hydrogen-bond donors (Lipinski definition) is 0. The number of rotatable bonds is 4. The maximum absolute atomic E-state index is 12.2. The summed E-state index contributed by atoms with van der Waals surface area (Å²) in [5.74, 6) is 0. The minimum Gasteiger partial charge on any atom is -0.445 e. The molecule has 1 atom stereocenters. The summed E-state index contributed by atoms with van der Waals surface area (Å²) in [6.45, 7) is 1.14. The molecule has 2 aromatic rings. The van der Waals surface area contributed by atoms with Crippen molar-refractivity contribution in [1.82, 2.24) is 4.90 Å². The van der Waals surface area contributed by atoms with Crippen molar-refractivity contribution in [3.8, 4) is 0 Å². The van der Waals surface area contributed by atoms with Gasteiger partial charge in [-0.05, 0) is 17.5 Å². The second-order valence-electron chi connectivity index (χ2n) is 5.85. The number of benzene rings is 2. The number of hydrogen-bond acceptors (Lipinski definition) is 3. The Morgan fingerprint density at radius 3 is 2.39 bits per heavy atom. The van der Waals surface area contributed by atoms with Crippen LogP contribution in [-0.4, -0.2) is 30.4 Å². The van der Waals surface area contributed by atoms with Crippen LogP contribution in [0.4, 0.5) is 4.79 Å². The molecule has 1 fully saturated rings. The maximum Gasteiger partial charge on any atom is 0.410 e. The minimum atomic E-state index is -0.618. The lowest BCUT2D eigenvalue weighted by Crippen LogP contribution is -2.35. The van der Waals surface area contributed by atoms with E-state index in [2.05, 4.69) is 0 Å². The van der Waals surface area contributed by atoms with Crippen LogP contribution < -0.4 is 0 Å². The number of amides is 1. The highest BCUT2D eigenvalue weighted by Gasteiger charge is 2.41. The molecule has 0 N–H and O–H groups in total. The second-order valence-corrected chi connectivity index (χ2v) is 5.85. The molecule has 1 aliphatic heterocycles. The van der Waals surface area contributed by atoms with Crippen LogP contribution in [0.15, 0.2) is 60.7 Å². The van der Waals surface area contributed by atoms with Crippen LogP contribution in [0.3, 0.4) is 0 Å². The van der Waals surface area contributed by atoms with E-state index in [1.807, 2.05) is 60.7 Å². The third-order valence-electron chi connectivity index (χ3n) is 4.34. The topological polar surface area (TPSA) is 46.6 Å². The third kappa shape index (κ3) is 3.26. The van der Waals surface area contributed by atoms with Crippen molar-refractivity contribution >= 4 is 12.4 Å². The summed E-state index contributed by atoms with van der Waals surface area (Å²) in [4.78, 5) is 25.6. The standard InChI is InChI=1S/C19H19NO3/c21-15-19(17-9-5-2-6-10-17)11-12-20(14-19)18(22)23-13-16-7-3-1-4-8-16/h1-10,15H,11-14H2. The van der Waals surface area contributed by atoms with Gasteiger partial charge in [-0.1, -0.05) is 60.7 Å². The van der Waals surface area contributed by atoms with E-state index >= 15 is 0 Å². The molecule has 1 saturated heterocycles. The van der Waals surface area contributed by atoms with Crippen molar-refractivity contribution in [2.75, 3.05) is 13.1 Å². The summed E-state index contributed by atoms with van der Waals surface area (Å²) in [6, 6.07) is 19.2. The first-order valence-electron chi connectivity index (χ1n) is 7.71. The first-order valence-corrected chi connectivity index (χ1v) is 7.71. The molecule has 4 heteroatoms. The zero-order valence-corrected chi connectivity index (χ0v) is 12.9. The predicted molar refractivity (Wildman–Crippen MR) is 87.0 cm³/mol. The molecule has 118 valence electrons. The average molecular weight is 309 g/mol. The molecule has 0 bridgehead atoms. The van der Waals surface area contributed by atoms with Crippen LogP contribution >= 0.6 is 0 Å². The fraction of sp³-hybridized carbons (Fsp3) is 0.263. The minimum absolute atomic E-state index is 0.246. The molecule has 2 aromatic carbocycles. The molecular weight excluding hydrogens is 290 g/mol. The molecule has 0 aromatic heterocycles. The van der Waals surface area contributed by atoms with Crippen molar-refractivity contribution in [2.45, 2.75) is 18.4 Å². The lowest BCUT2D eigenvalue weighted by molar-refractivity contribution is -0.112. The first-order chi connectivity index (χ1) is 11.2. The van der Waals surface area contributed by atoms with Gasteiger partial charge in [-0.2, -0.15) is 0 Å². The monoisotopic (exact) mass is 309 g/mol. The average Bonchev–Trinajstić information content (AvgIpc) is 3.07. The maximum atomic E-state index is 12.2. The van der Waals surface area contributed by atoms with Gasteiger partial charge in [-0.15, -0.1) is 0 Å². The van der Waals surface area contributed by atoms with E-state index in [9.17, 15) is 9.59 Å². The highest BCUT2D eigenvalue weighted by molar-refractivity contribution is 5.74. The van der Waals surface area contributed by atoms with Crippen molar-refractivity contribution in [2.24, 2.45) is 0 Å². The normalized spacial score (nSPS) is 20.3. The number of nitrogens with zero attached hydrogens (tertiary/aromatic N) is 1. The van der Waals surface area contributed by atoms with Gasteiger partial charge in [-0.3, -0.25) is 0 Å². The van der Waals surface area contributed by atoms with Crippen LogP contribution in [0, 0.1) is 0 Å². The molecule has 1 amide bonds. The van der Waals surface area contributed by atoms with E-state index in [0.29, 0.717) is 19.5 Å². The molecule has 4 nitrogen and oxygen atoms in total. The van der Waals surface area contributed by atoms with Gasteiger partial charge in [0.15, 0.2) is 0 Å². The second kappa shape index (κ2) is 6.65. The number of aldehydes is 1. The van der Waals surface area contributed by atoms with Crippen molar-refractivity contribution < 1.29 is 14.3 Å². The van der Waals surface area contributed by atoms with Gasteiger partial charge in [0.2, 0.25) is 0 Å². The van der Waals surface area contributed by atoms with Crippen LogP contribution in [0.1, 0.15) is 17.5 Å². The van der Waals surface area contributed by atoms with Crippen LogP contribution in [0.25, 0.3) is 0 Å². The lowest BCUT2D eigenvalue weighted by atomic mass is 9.81. The molecule has 0 aliphatic carbocycles. The number of ether oxygens (including phenoxy) is 1. The molecule has 1 unspecified atom stereocenters. The Bertz CT molecular complexity index is 672. The largest absolute Gasteiger partial charge is 0.445 e. The van der Waals surface area contributed by atoms with Gasteiger partial charge in [0.1, 0.15) is 12.9 Å². The lowest BCUT2D eigenvalue weighted by Gasteiger charge is -2.23. The Balaban J connectivity index is 1.64. The zero-order valence-electron chi connectivity index (χ0n) is 12.9. The van der Waals surface area contributed by atoms with Crippen LogP contribution in [-0.2, 0) is 21.6 Å². The van der Waals surface area contributed by atoms with E-state index in [0.717, 1.165) is 17.4 Å². The molecule has 23 heavy (non-hydrogen) atoms. The molecular formula is C19H19NO3. The van der Waals surface area contributed by atoms with Gasteiger partial charge in [0.25, 0.3) is 0 Å². The summed E-state index contributed by atoms with van der Waals surface area (Å²) in [7, 11) is 0. The quantitative estimate of drug-likeness (QED) is 0.815. The third-order valence-corrected chi connectivity index (χ3v) is 4.34.